The smallest absolute Gasteiger partial charge is 0.254 e. The van der Waals surface area contributed by atoms with Gasteiger partial charge in [-0.2, -0.15) is 0 Å². The molecule has 37 heavy (non-hydrogen) atoms. The Morgan fingerprint density at radius 3 is 2.05 bits per heavy atom. The van der Waals surface area contributed by atoms with Crippen molar-refractivity contribution >= 4 is 11.6 Å². The minimum absolute atomic E-state index is 0.265. The van der Waals surface area contributed by atoms with Crippen LogP contribution < -0.4 is 4.90 Å². The van der Waals surface area contributed by atoms with Gasteiger partial charge in [0.25, 0.3) is 5.91 Å². The third kappa shape index (κ3) is 5.31. The third-order valence-corrected chi connectivity index (χ3v) is 8.85. The number of carbonyl (C=O) groups excluding carboxylic acids is 1. The molecule has 0 atom stereocenters. The molecule has 0 aromatic heterocycles. The number of hydrogen-bond donors (Lipinski definition) is 0. The molecule has 0 N–H and O–H groups in total. The van der Waals surface area contributed by atoms with Gasteiger partial charge in [-0.3, -0.25) is 9.69 Å². The summed E-state index contributed by atoms with van der Waals surface area (Å²) >= 11 is 0. The third-order valence-electron chi connectivity index (χ3n) is 8.85. The Morgan fingerprint density at radius 2 is 1.41 bits per heavy atom. The van der Waals surface area contributed by atoms with Gasteiger partial charge in [-0.05, 0) is 61.1 Å². The molecule has 1 amide bonds. The van der Waals surface area contributed by atoms with Crippen LogP contribution in [0.25, 0.3) is 0 Å². The zero-order valence-electron chi connectivity index (χ0n) is 21.9. The van der Waals surface area contributed by atoms with Gasteiger partial charge in [0.05, 0.1) is 0 Å². The average Bonchev–Trinajstić information content (AvgIpc) is 3.50. The van der Waals surface area contributed by atoms with E-state index in [0.29, 0.717) is 12.0 Å². The molecule has 192 valence electrons. The number of rotatable bonds is 7. The molecule has 1 saturated heterocycles. The van der Waals surface area contributed by atoms with E-state index in [1.807, 2.05) is 0 Å². The first-order valence-electron chi connectivity index (χ1n) is 14.3. The standard InChI is InChI=1S/C33H39N3O/c37-33-32-25-30(16-15-28(32)17-20-36(33)29-13-7-8-14-29)35-23-21-34(22-24-35)19-18-31(26-9-3-1-4-10-26)27-11-5-2-6-12-27/h1-6,9-12,15-16,25,29,31H,7-8,13-14,17-24H2. The van der Waals surface area contributed by atoms with Gasteiger partial charge in [-0.25, -0.2) is 0 Å². The molecule has 3 aliphatic rings. The van der Waals surface area contributed by atoms with Gasteiger partial charge < -0.3 is 9.80 Å². The molecule has 4 nitrogen and oxygen atoms in total. The average molecular weight is 494 g/mol. The zero-order chi connectivity index (χ0) is 25.0. The summed E-state index contributed by atoms with van der Waals surface area (Å²) in [7, 11) is 0. The summed E-state index contributed by atoms with van der Waals surface area (Å²) in [4.78, 5) is 20.6. The Labute approximate surface area is 221 Å². The van der Waals surface area contributed by atoms with E-state index < -0.39 is 0 Å². The Morgan fingerprint density at radius 1 is 0.757 bits per heavy atom. The van der Waals surface area contributed by atoms with Crippen LogP contribution in [-0.4, -0.2) is 61.0 Å². The Kier molecular flexibility index (Phi) is 7.27. The molecule has 0 radical (unpaired) electrons. The van der Waals surface area contributed by atoms with Gasteiger partial charge in [-0.1, -0.05) is 79.6 Å². The molecular weight excluding hydrogens is 454 g/mol. The number of carbonyl (C=O) groups is 1. The molecule has 6 rings (SSSR count). The van der Waals surface area contributed by atoms with E-state index in [0.717, 1.165) is 57.7 Å². The van der Waals surface area contributed by atoms with Crippen molar-refractivity contribution in [2.24, 2.45) is 0 Å². The fraction of sp³-hybridized carbons (Fsp3) is 0.424. The van der Waals surface area contributed by atoms with Crippen molar-refractivity contribution in [3.63, 3.8) is 0 Å². The maximum absolute atomic E-state index is 13.4. The van der Waals surface area contributed by atoms with Crippen molar-refractivity contribution in [1.82, 2.24) is 9.80 Å². The van der Waals surface area contributed by atoms with Crippen molar-refractivity contribution < 1.29 is 4.79 Å². The molecule has 1 aliphatic carbocycles. The molecule has 3 aromatic rings. The highest BCUT2D eigenvalue weighted by molar-refractivity contribution is 5.98. The summed E-state index contributed by atoms with van der Waals surface area (Å²) in [5.41, 5.74) is 6.20. The fourth-order valence-electron chi connectivity index (χ4n) is 6.68. The largest absolute Gasteiger partial charge is 0.369 e. The quantitative estimate of drug-likeness (QED) is 0.406. The number of amides is 1. The number of hydrogen-bond acceptors (Lipinski definition) is 3. The summed E-state index contributed by atoms with van der Waals surface area (Å²) in [6, 6.07) is 29.0. The second-order valence-electron chi connectivity index (χ2n) is 11.0. The monoisotopic (exact) mass is 493 g/mol. The number of benzene rings is 3. The van der Waals surface area contributed by atoms with Crippen LogP contribution in [0, 0.1) is 0 Å². The van der Waals surface area contributed by atoms with Crippen molar-refractivity contribution in [1.29, 1.82) is 0 Å². The van der Waals surface area contributed by atoms with Crippen LogP contribution in [0.3, 0.4) is 0 Å². The zero-order valence-corrected chi connectivity index (χ0v) is 21.9. The highest BCUT2D eigenvalue weighted by Crippen LogP contribution is 2.32. The number of piperazine rings is 1. The maximum atomic E-state index is 13.4. The normalized spacial score (nSPS) is 19.0. The summed E-state index contributed by atoms with van der Waals surface area (Å²) in [6.45, 7) is 6.15. The van der Waals surface area contributed by atoms with E-state index in [1.165, 1.54) is 48.1 Å². The summed E-state index contributed by atoms with van der Waals surface area (Å²) in [5.74, 6) is 0.691. The summed E-state index contributed by atoms with van der Waals surface area (Å²) < 4.78 is 0. The van der Waals surface area contributed by atoms with E-state index in [-0.39, 0.29) is 5.91 Å². The second kappa shape index (κ2) is 11.1. The number of nitrogens with zero attached hydrogens (tertiary/aromatic N) is 3. The molecular formula is C33H39N3O. The number of fused-ring (bicyclic) bond motifs is 1. The van der Waals surface area contributed by atoms with Crippen LogP contribution in [0.15, 0.2) is 78.9 Å². The van der Waals surface area contributed by atoms with Gasteiger partial charge in [-0.15, -0.1) is 0 Å². The van der Waals surface area contributed by atoms with Gasteiger partial charge in [0.1, 0.15) is 0 Å². The first kappa shape index (κ1) is 24.2. The summed E-state index contributed by atoms with van der Waals surface area (Å²) in [6.07, 6.45) is 7.01. The molecule has 0 unspecified atom stereocenters. The predicted molar refractivity (Wildman–Crippen MR) is 151 cm³/mol. The number of anilines is 1. The fourth-order valence-corrected chi connectivity index (χ4v) is 6.68. The second-order valence-corrected chi connectivity index (χ2v) is 11.0. The van der Waals surface area contributed by atoms with Crippen molar-refractivity contribution in [3.05, 3.63) is 101 Å². The van der Waals surface area contributed by atoms with Crippen molar-refractivity contribution in [2.45, 2.75) is 50.5 Å². The van der Waals surface area contributed by atoms with Gasteiger partial charge in [0.2, 0.25) is 0 Å². The van der Waals surface area contributed by atoms with Crippen LogP contribution in [0.5, 0.6) is 0 Å². The van der Waals surface area contributed by atoms with Crippen LogP contribution in [0.4, 0.5) is 5.69 Å². The van der Waals surface area contributed by atoms with Gasteiger partial charge in [0, 0.05) is 55.9 Å². The van der Waals surface area contributed by atoms with E-state index in [9.17, 15) is 4.79 Å². The van der Waals surface area contributed by atoms with Crippen LogP contribution in [0.1, 0.15) is 65.1 Å². The van der Waals surface area contributed by atoms with Gasteiger partial charge in [0.15, 0.2) is 0 Å². The molecule has 1 saturated carbocycles. The topological polar surface area (TPSA) is 26.8 Å². The molecule has 2 heterocycles. The lowest BCUT2D eigenvalue weighted by Gasteiger charge is -2.38. The lowest BCUT2D eigenvalue weighted by atomic mass is 9.88. The van der Waals surface area contributed by atoms with E-state index >= 15 is 0 Å². The minimum atomic E-state index is 0.265. The highest BCUT2D eigenvalue weighted by Gasteiger charge is 2.32. The van der Waals surface area contributed by atoms with Gasteiger partial charge >= 0.3 is 0 Å². The lowest BCUT2D eigenvalue weighted by Crippen LogP contribution is -2.47. The lowest BCUT2D eigenvalue weighted by molar-refractivity contribution is 0.0663. The van der Waals surface area contributed by atoms with Crippen molar-refractivity contribution in [3.8, 4) is 0 Å². The van der Waals surface area contributed by atoms with E-state index in [1.54, 1.807) is 0 Å². The van der Waals surface area contributed by atoms with Crippen LogP contribution in [0.2, 0.25) is 0 Å². The first-order valence-corrected chi connectivity index (χ1v) is 14.3. The molecule has 0 bridgehead atoms. The molecule has 3 aromatic carbocycles. The molecule has 2 fully saturated rings. The first-order chi connectivity index (χ1) is 18.3. The molecule has 4 heteroatoms. The van der Waals surface area contributed by atoms with E-state index in [2.05, 4.69) is 93.6 Å². The Balaban J connectivity index is 1.08. The minimum Gasteiger partial charge on any atom is -0.369 e. The summed E-state index contributed by atoms with van der Waals surface area (Å²) in [5, 5.41) is 0. The highest BCUT2D eigenvalue weighted by atomic mass is 16.2. The maximum Gasteiger partial charge on any atom is 0.254 e. The predicted octanol–water partition coefficient (Wildman–Crippen LogP) is 5.97. The van der Waals surface area contributed by atoms with E-state index in [4.69, 9.17) is 0 Å². The SMILES string of the molecule is O=C1c2cc(N3CCN(CCC(c4ccccc4)c4ccccc4)CC3)ccc2CCN1C1CCCC1. The Hall–Kier alpha value is -3.11. The van der Waals surface area contributed by atoms with Crippen molar-refractivity contribution in [2.75, 3.05) is 44.2 Å². The Bertz CT molecular complexity index is 1140. The van der Waals surface area contributed by atoms with Crippen LogP contribution >= 0.6 is 0 Å². The van der Waals surface area contributed by atoms with Crippen LogP contribution in [-0.2, 0) is 6.42 Å². The molecule has 0 spiro atoms. The molecule has 2 aliphatic heterocycles.